The highest BCUT2D eigenvalue weighted by Crippen LogP contribution is 2.32. The number of carbonyl (C=O) groups is 2. The summed E-state index contributed by atoms with van der Waals surface area (Å²) < 4.78 is 22.1. The summed E-state index contributed by atoms with van der Waals surface area (Å²) >= 11 is 0. The quantitative estimate of drug-likeness (QED) is 0.298. The molecule has 4 aromatic rings. The lowest BCUT2D eigenvalue weighted by atomic mass is 9.86. The maximum absolute atomic E-state index is 14.8. The lowest BCUT2D eigenvalue weighted by Gasteiger charge is -2.27. The molecular weight excluding hydrogens is 483 g/mol. The predicted octanol–water partition coefficient (Wildman–Crippen LogP) is 6.44. The van der Waals surface area contributed by atoms with Gasteiger partial charge in [-0.15, -0.1) is 0 Å². The Morgan fingerprint density at radius 1 is 1.00 bits per heavy atom. The van der Waals surface area contributed by atoms with Crippen molar-refractivity contribution >= 4 is 22.8 Å². The van der Waals surface area contributed by atoms with Gasteiger partial charge in [-0.2, -0.15) is 0 Å². The number of rotatable bonds is 7. The Hall–Kier alpha value is -4.13. The molecule has 0 radical (unpaired) electrons. The number of fused-ring (bicyclic) bond motifs is 1. The van der Waals surface area contributed by atoms with E-state index in [-0.39, 0.29) is 29.7 Å². The highest BCUT2D eigenvalue weighted by Gasteiger charge is 2.28. The molecule has 0 saturated heterocycles. The molecule has 0 spiro atoms. The first-order chi connectivity index (χ1) is 18.4. The second-order valence-electron chi connectivity index (χ2n) is 9.97. The number of aromatic nitrogens is 1. The van der Waals surface area contributed by atoms with Crippen molar-refractivity contribution in [2.45, 2.75) is 44.7 Å². The molecule has 0 bridgehead atoms. The minimum Gasteiger partial charge on any atom is -0.497 e. The molecule has 1 aliphatic rings. The molecule has 1 fully saturated rings. The predicted molar refractivity (Wildman–Crippen MR) is 145 cm³/mol. The molecule has 38 heavy (non-hydrogen) atoms. The zero-order valence-electron chi connectivity index (χ0n) is 21.5. The lowest BCUT2D eigenvalue weighted by Crippen LogP contribution is -2.39. The fourth-order valence-corrected chi connectivity index (χ4v) is 5.42. The SMILES string of the molecule is COc1cccc(-c2ccc(C(C)n3ccc4c(F)ccc(C(=O)NC5CCC(C(=O)O)CC5)c43)cc2)c1. The Bertz CT molecular complexity index is 1470. The van der Waals surface area contributed by atoms with E-state index >= 15 is 0 Å². The number of methoxy groups -OCH3 is 1. The molecule has 1 unspecified atom stereocenters. The third-order valence-corrected chi connectivity index (χ3v) is 7.69. The Morgan fingerprint density at radius 2 is 1.74 bits per heavy atom. The molecule has 5 rings (SSSR count). The van der Waals surface area contributed by atoms with Crippen molar-refractivity contribution in [1.29, 1.82) is 0 Å². The highest BCUT2D eigenvalue weighted by atomic mass is 19.1. The highest BCUT2D eigenvalue weighted by molar-refractivity contribution is 6.06. The van der Waals surface area contributed by atoms with Crippen LogP contribution in [0, 0.1) is 11.7 Å². The molecule has 1 aromatic heterocycles. The van der Waals surface area contributed by atoms with Crippen LogP contribution in [0.4, 0.5) is 4.39 Å². The number of ether oxygens (including phenoxy) is 1. The standard InChI is InChI=1S/C31H31FN2O4/c1-19(20-6-8-21(9-7-20)23-4-3-5-25(18-23)38-2)34-17-16-26-28(32)15-14-27(29(26)34)30(35)33-24-12-10-22(11-13-24)31(36)37/h3-9,14-19,22,24H,10-13H2,1-2H3,(H,33,35)(H,36,37). The van der Waals surface area contributed by atoms with Gasteiger partial charge in [0.25, 0.3) is 5.91 Å². The number of hydrogen-bond donors (Lipinski definition) is 2. The lowest BCUT2D eigenvalue weighted by molar-refractivity contribution is -0.142. The summed E-state index contributed by atoms with van der Waals surface area (Å²) in [5.41, 5.74) is 4.09. The minimum absolute atomic E-state index is 0.0943. The van der Waals surface area contributed by atoms with Crippen LogP contribution in [0.15, 0.2) is 72.9 Å². The molecule has 7 heteroatoms. The molecule has 1 saturated carbocycles. The molecule has 6 nitrogen and oxygen atoms in total. The average molecular weight is 515 g/mol. The Balaban J connectivity index is 1.41. The van der Waals surface area contributed by atoms with E-state index in [2.05, 4.69) is 5.32 Å². The average Bonchev–Trinajstić information content (AvgIpc) is 3.39. The van der Waals surface area contributed by atoms with Gasteiger partial charge in [-0.3, -0.25) is 9.59 Å². The molecule has 196 valence electrons. The zero-order valence-corrected chi connectivity index (χ0v) is 21.5. The number of nitrogens with zero attached hydrogens (tertiary/aromatic N) is 1. The van der Waals surface area contributed by atoms with Crippen molar-refractivity contribution in [2.24, 2.45) is 5.92 Å². The first-order valence-corrected chi connectivity index (χ1v) is 12.9. The summed E-state index contributed by atoms with van der Waals surface area (Å²) in [6.45, 7) is 2.03. The fraction of sp³-hybridized carbons (Fsp3) is 0.290. The second kappa shape index (κ2) is 10.7. The summed E-state index contributed by atoms with van der Waals surface area (Å²) in [6, 6.07) is 20.4. The maximum Gasteiger partial charge on any atom is 0.306 e. The second-order valence-corrected chi connectivity index (χ2v) is 9.97. The van der Waals surface area contributed by atoms with Gasteiger partial charge in [-0.25, -0.2) is 4.39 Å². The van der Waals surface area contributed by atoms with Gasteiger partial charge < -0.3 is 19.7 Å². The molecule has 1 heterocycles. The number of aliphatic carboxylic acids is 1. The van der Waals surface area contributed by atoms with Crippen LogP contribution in [-0.2, 0) is 4.79 Å². The fourth-order valence-electron chi connectivity index (χ4n) is 5.42. The molecule has 1 amide bonds. The van der Waals surface area contributed by atoms with Crippen LogP contribution in [-0.4, -0.2) is 34.7 Å². The first-order valence-electron chi connectivity index (χ1n) is 12.9. The number of hydrogen-bond acceptors (Lipinski definition) is 3. The van der Waals surface area contributed by atoms with E-state index in [0.717, 1.165) is 22.4 Å². The molecule has 3 aromatic carbocycles. The molecule has 0 aliphatic heterocycles. The zero-order chi connectivity index (χ0) is 26.8. The summed E-state index contributed by atoms with van der Waals surface area (Å²) in [7, 11) is 1.65. The molecule has 1 atom stereocenters. The van der Waals surface area contributed by atoms with E-state index < -0.39 is 5.97 Å². The summed E-state index contributed by atoms with van der Waals surface area (Å²) in [4.78, 5) is 24.6. The van der Waals surface area contributed by atoms with Gasteiger partial charge in [0.05, 0.1) is 30.1 Å². The van der Waals surface area contributed by atoms with Gasteiger partial charge in [0.1, 0.15) is 11.6 Å². The van der Waals surface area contributed by atoms with Gasteiger partial charge in [-0.05, 0) is 79.6 Å². The monoisotopic (exact) mass is 514 g/mol. The number of carboxylic acid groups (broad SMARTS) is 1. The summed E-state index contributed by atoms with van der Waals surface area (Å²) in [5.74, 6) is -0.985. The number of carbonyl (C=O) groups excluding carboxylic acids is 1. The van der Waals surface area contributed by atoms with Crippen LogP contribution in [0.5, 0.6) is 5.75 Å². The topological polar surface area (TPSA) is 80.6 Å². The van der Waals surface area contributed by atoms with Gasteiger partial charge >= 0.3 is 5.97 Å². The van der Waals surface area contributed by atoms with Crippen molar-refractivity contribution in [3.05, 3.63) is 89.9 Å². The van der Waals surface area contributed by atoms with Crippen LogP contribution in [0.1, 0.15) is 54.6 Å². The van der Waals surface area contributed by atoms with E-state index in [9.17, 15) is 19.1 Å². The summed E-state index contributed by atoms with van der Waals surface area (Å²) in [5, 5.41) is 12.7. The largest absolute Gasteiger partial charge is 0.497 e. The van der Waals surface area contributed by atoms with Crippen LogP contribution < -0.4 is 10.1 Å². The van der Waals surface area contributed by atoms with E-state index in [0.29, 0.717) is 42.1 Å². The van der Waals surface area contributed by atoms with Crippen molar-refractivity contribution < 1.29 is 23.8 Å². The first kappa shape index (κ1) is 25.5. The normalized spacial score (nSPS) is 18.2. The van der Waals surface area contributed by atoms with Crippen molar-refractivity contribution in [3.8, 4) is 16.9 Å². The van der Waals surface area contributed by atoms with Crippen molar-refractivity contribution in [3.63, 3.8) is 0 Å². The summed E-state index contributed by atoms with van der Waals surface area (Å²) in [6.07, 6.45) is 4.13. The van der Waals surface area contributed by atoms with Crippen molar-refractivity contribution in [1.82, 2.24) is 9.88 Å². The van der Waals surface area contributed by atoms with Gasteiger partial charge in [0, 0.05) is 17.6 Å². The third kappa shape index (κ3) is 5.01. The number of halogens is 1. The smallest absolute Gasteiger partial charge is 0.306 e. The van der Waals surface area contributed by atoms with Crippen molar-refractivity contribution in [2.75, 3.05) is 7.11 Å². The number of nitrogens with one attached hydrogen (secondary N) is 1. The van der Waals surface area contributed by atoms with Crippen LogP contribution in [0.2, 0.25) is 0 Å². The number of benzene rings is 3. The van der Waals surface area contributed by atoms with E-state index in [4.69, 9.17) is 4.74 Å². The number of amides is 1. The Morgan fingerprint density at radius 3 is 2.42 bits per heavy atom. The number of carboxylic acids is 1. The van der Waals surface area contributed by atoms with Gasteiger partial charge in [-0.1, -0.05) is 36.4 Å². The molecule has 2 N–H and O–H groups in total. The van der Waals surface area contributed by atoms with Gasteiger partial charge in [0.15, 0.2) is 0 Å². The minimum atomic E-state index is -0.779. The van der Waals surface area contributed by atoms with Gasteiger partial charge in [0.2, 0.25) is 0 Å². The van der Waals surface area contributed by atoms with E-state index in [1.54, 1.807) is 13.2 Å². The van der Waals surface area contributed by atoms with Crippen LogP contribution >= 0.6 is 0 Å². The third-order valence-electron chi connectivity index (χ3n) is 7.69. The van der Waals surface area contributed by atoms with E-state index in [1.165, 1.54) is 12.1 Å². The molecular formula is C31H31FN2O4. The van der Waals surface area contributed by atoms with Crippen LogP contribution in [0.25, 0.3) is 22.0 Å². The Labute approximate surface area is 221 Å². The molecule has 1 aliphatic carbocycles. The van der Waals surface area contributed by atoms with Crippen LogP contribution in [0.3, 0.4) is 0 Å². The Kier molecular flexibility index (Phi) is 7.18. The van der Waals surface area contributed by atoms with E-state index in [1.807, 2.05) is 66.2 Å². The maximum atomic E-state index is 14.8.